The second-order valence-corrected chi connectivity index (χ2v) is 8.18. The summed E-state index contributed by atoms with van der Waals surface area (Å²) in [6, 6.07) is 5.87. The van der Waals surface area contributed by atoms with Crippen LogP contribution in [0.3, 0.4) is 0 Å². The van der Waals surface area contributed by atoms with E-state index in [-0.39, 0.29) is 12.7 Å². The molecular formula is C22H26N4O3S. The molecule has 0 aliphatic carbocycles. The van der Waals surface area contributed by atoms with Crippen molar-refractivity contribution >= 4 is 17.2 Å². The van der Waals surface area contributed by atoms with E-state index < -0.39 is 0 Å². The lowest BCUT2D eigenvalue weighted by atomic mass is 10.1. The maximum atomic E-state index is 11.8. The van der Waals surface area contributed by atoms with E-state index in [1.807, 2.05) is 30.5 Å². The summed E-state index contributed by atoms with van der Waals surface area (Å²) in [6.45, 7) is 5.03. The number of carbonyl (C=O) groups is 1. The second kappa shape index (κ2) is 9.30. The number of nitrogens with one attached hydrogen (secondary N) is 2. The number of hydrogen-bond acceptors (Lipinski definition) is 6. The molecule has 7 nitrogen and oxygen atoms in total. The van der Waals surface area contributed by atoms with Gasteiger partial charge >= 0.3 is 0 Å². The van der Waals surface area contributed by atoms with Gasteiger partial charge in [0.2, 0.25) is 12.7 Å². The Balaban J connectivity index is 1.51. The Hall–Kier alpha value is -2.87. The zero-order valence-electron chi connectivity index (χ0n) is 17.3. The number of H-pyrrole nitrogens is 1. The molecule has 8 heteroatoms. The molecular weight excluding hydrogens is 400 g/mol. The summed E-state index contributed by atoms with van der Waals surface area (Å²) < 4.78 is 11.0. The molecule has 0 unspecified atom stereocenters. The number of ether oxygens (including phenoxy) is 2. The number of aryl methyl sites for hydroxylation is 2. The van der Waals surface area contributed by atoms with Crippen molar-refractivity contribution in [3.05, 3.63) is 35.1 Å². The Kier molecular flexibility index (Phi) is 6.32. The Morgan fingerprint density at radius 2 is 2.10 bits per heavy atom. The summed E-state index contributed by atoms with van der Waals surface area (Å²) in [6.07, 6.45) is 4.02. The quantitative estimate of drug-likeness (QED) is 0.493. The molecule has 0 saturated carbocycles. The highest BCUT2D eigenvalue weighted by atomic mass is 32.1. The van der Waals surface area contributed by atoms with Crippen molar-refractivity contribution in [2.45, 2.75) is 46.0 Å². The van der Waals surface area contributed by atoms with Crippen molar-refractivity contribution in [3.8, 4) is 33.5 Å². The molecule has 0 bridgehead atoms. The predicted molar refractivity (Wildman–Crippen MR) is 117 cm³/mol. The monoisotopic (exact) mass is 426 g/mol. The molecule has 1 aliphatic rings. The number of aromatic amines is 1. The van der Waals surface area contributed by atoms with Crippen molar-refractivity contribution < 1.29 is 14.3 Å². The number of aromatic nitrogens is 3. The first-order chi connectivity index (χ1) is 14.6. The molecule has 0 radical (unpaired) electrons. The molecule has 30 heavy (non-hydrogen) atoms. The number of fused-ring (bicyclic) bond motifs is 1. The van der Waals surface area contributed by atoms with E-state index >= 15 is 0 Å². The van der Waals surface area contributed by atoms with Crippen LogP contribution in [0, 0.1) is 6.92 Å². The standard InChI is InChI=1S/C22H26N4O3S/c1-3-10-23-19(27)7-5-4-6-18-25-20(21(26-18)22-24-14(2)12-30-22)15-8-9-16-17(11-15)29-13-28-16/h8-9,11-12H,3-7,10,13H2,1-2H3,(H,23,27)(H,25,26). The molecule has 3 heterocycles. The summed E-state index contributed by atoms with van der Waals surface area (Å²) in [4.78, 5) is 24.7. The molecule has 0 spiro atoms. The second-order valence-electron chi connectivity index (χ2n) is 7.33. The Labute approximate surface area is 179 Å². The highest BCUT2D eigenvalue weighted by Crippen LogP contribution is 2.39. The highest BCUT2D eigenvalue weighted by molar-refractivity contribution is 7.13. The van der Waals surface area contributed by atoms with E-state index in [1.54, 1.807) is 11.3 Å². The smallest absolute Gasteiger partial charge is 0.231 e. The van der Waals surface area contributed by atoms with Crippen LogP contribution in [-0.4, -0.2) is 34.2 Å². The fraction of sp³-hybridized carbons (Fsp3) is 0.409. The van der Waals surface area contributed by atoms with Crippen LogP contribution < -0.4 is 14.8 Å². The molecule has 2 N–H and O–H groups in total. The van der Waals surface area contributed by atoms with Crippen LogP contribution in [0.1, 0.15) is 44.1 Å². The zero-order chi connectivity index (χ0) is 20.9. The van der Waals surface area contributed by atoms with E-state index in [4.69, 9.17) is 14.5 Å². The normalized spacial score (nSPS) is 12.3. The van der Waals surface area contributed by atoms with Gasteiger partial charge < -0.3 is 19.8 Å². The summed E-state index contributed by atoms with van der Waals surface area (Å²) in [7, 11) is 0. The lowest BCUT2D eigenvalue weighted by Crippen LogP contribution is -2.23. The molecule has 1 aliphatic heterocycles. The third kappa shape index (κ3) is 4.64. The van der Waals surface area contributed by atoms with Crippen LogP contribution in [0.4, 0.5) is 0 Å². The van der Waals surface area contributed by atoms with Gasteiger partial charge in [0.1, 0.15) is 16.5 Å². The van der Waals surface area contributed by atoms with Crippen molar-refractivity contribution in [2.75, 3.05) is 13.3 Å². The van der Waals surface area contributed by atoms with Gasteiger partial charge in [-0.15, -0.1) is 11.3 Å². The number of imidazole rings is 1. The summed E-state index contributed by atoms with van der Waals surface area (Å²) in [5.74, 6) is 2.51. The molecule has 4 rings (SSSR count). The Morgan fingerprint density at radius 3 is 2.90 bits per heavy atom. The van der Waals surface area contributed by atoms with Gasteiger partial charge in [0, 0.05) is 36.0 Å². The summed E-state index contributed by atoms with van der Waals surface area (Å²) in [5, 5.41) is 5.87. The van der Waals surface area contributed by atoms with Crippen LogP contribution in [0.2, 0.25) is 0 Å². The number of amides is 1. The third-order valence-corrected chi connectivity index (χ3v) is 5.85. The van der Waals surface area contributed by atoms with Gasteiger partial charge in [-0.1, -0.05) is 6.92 Å². The van der Waals surface area contributed by atoms with E-state index in [1.165, 1.54) is 0 Å². The van der Waals surface area contributed by atoms with Crippen molar-refractivity contribution in [1.29, 1.82) is 0 Å². The largest absolute Gasteiger partial charge is 0.454 e. The molecule has 1 amide bonds. The van der Waals surface area contributed by atoms with Crippen molar-refractivity contribution in [2.24, 2.45) is 0 Å². The molecule has 0 fully saturated rings. The molecule has 1 aromatic carbocycles. The Bertz CT molecular complexity index is 1030. The minimum atomic E-state index is 0.122. The predicted octanol–water partition coefficient (Wildman–Crippen LogP) is 4.48. The van der Waals surface area contributed by atoms with Crippen LogP contribution in [0.5, 0.6) is 11.5 Å². The first-order valence-corrected chi connectivity index (χ1v) is 11.2. The molecule has 0 atom stereocenters. The van der Waals surface area contributed by atoms with E-state index in [2.05, 4.69) is 22.2 Å². The van der Waals surface area contributed by atoms with E-state index in [0.29, 0.717) is 6.42 Å². The van der Waals surface area contributed by atoms with E-state index in [0.717, 1.165) is 77.2 Å². The lowest BCUT2D eigenvalue weighted by molar-refractivity contribution is -0.121. The average Bonchev–Trinajstić information content (AvgIpc) is 3.48. The number of nitrogens with zero attached hydrogens (tertiary/aromatic N) is 2. The van der Waals surface area contributed by atoms with Crippen LogP contribution >= 0.6 is 11.3 Å². The van der Waals surface area contributed by atoms with Crippen molar-refractivity contribution in [3.63, 3.8) is 0 Å². The van der Waals surface area contributed by atoms with Gasteiger partial charge in [-0.25, -0.2) is 9.97 Å². The zero-order valence-corrected chi connectivity index (χ0v) is 18.1. The van der Waals surface area contributed by atoms with Crippen LogP contribution in [-0.2, 0) is 11.2 Å². The van der Waals surface area contributed by atoms with Crippen LogP contribution in [0.25, 0.3) is 22.0 Å². The van der Waals surface area contributed by atoms with Gasteiger partial charge in [-0.05, 0) is 44.4 Å². The van der Waals surface area contributed by atoms with Crippen LogP contribution in [0.15, 0.2) is 23.6 Å². The minimum Gasteiger partial charge on any atom is -0.454 e. The maximum absolute atomic E-state index is 11.8. The van der Waals surface area contributed by atoms with E-state index in [9.17, 15) is 4.79 Å². The first-order valence-electron chi connectivity index (χ1n) is 10.3. The number of thiazole rings is 1. The van der Waals surface area contributed by atoms with Gasteiger partial charge in [-0.3, -0.25) is 4.79 Å². The highest BCUT2D eigenvalue weighted by Gasteiger charge is 2.20. The number of unbranched alkanes of at least 4 members (excludes halogenated alkanes) is 1. The van der Waals surface area contributed by atoms with Crippen molar-refractivity contribution in [1.82, 2.24) is 20.3 Å². The van der Waals surface area contributed by atoms with Gasteiger partial charge in [0.25, 0.3) is 0 Å². The third-order valence-electron chi connectivity index (χ3n) is 4.87. The molecule has 0 saturated heterocycles. The molecule has 158 valence electrons. The Morgan fingerprint density at radius 1 is 1.23 bits per heavy atom. The fourth-order valence-electron chi connectivity index (χ4n) is 3.35. The fourth-order valence-corrected chi connectivity index (χ4v) is 4.14. The number of rotatable bonds is 9. The SMILES string of the molecule is CCCNC(=O)CCCCc1nc(-c2ccc3c(c2)OCO3)c(-c2nc(C)cs2)[nH]1. The first kappa shape index (κ1) is 20.4. The van der Waals surface area contributed by atoms with Gasteiger partial charge in [-0.2, -0.15) is 0 Å². The molecule has 3 aromatic rings. The lowest BCUT2D eigenvalue weighted by Gasteiger charge is -2.02. The number of carbonyl (C=O) groups excluding carboxylic acids is 1. The summed E-state index contributed by atoms with van der Waals surface area (Å²) in [5.41, 5.74) is 3.73. The minimum absolute atomic E-state index is 0.122. The average molecular weight is 427 g/mol. The number of benzene rings is 1. The molecule has 2 aromatic heterocycles. The summed E-state index contributed by atoms with van der Waals surface area (Å²) >= 11 is 1.60. The maximum Gasteiger partial charge on any atom is 0.231 e. The number of hydrogen-bond donors (Lipinski definition) is 2. The topological polar surface area (TPSA) is 89.1 Å². The van der Waals surface area contributed by atoms with Gasteiger partial charge in [0.05, 0.1) is 5.69 Å². The van der Waals surface area contributed by atoms with Gasteiger partial charge in [0.15, 0.2) is 11.5 Å².